The van der Waals surface area contributed by atoms with Crippen molar-refractivity contribution < 1.29 is 0 Å². The van der Waals surface area contributed by atoms with Crippen molar-refractivity contribution in [3.63, 3.8) is 0 Å². The maximum Gasteiger partial charge on any atom is 0.0419 e. The number of hydrogen-bond acceptors (Lipinski definition) is 0. The summed E-state index contributed by atoms with van der Waals surface area (Å²) in [7, 11) is 0. The lowest BCUT2D eigenvalue weighted by Crippen LogP contribution is -1.82. The number of aryl methyl sites for hydroxylation is 1. The summed E-state index contributed by atoms with van der Waals surface area (Å²) in [6.07, 6.45) is 0. The van der Waals surface area contributed by atoms with Crippen LogP contribution in [0.5, 0.6) is 0 Å². The number of benzene rings is 2. The van der Waals surface area contributed by atoms with Crippen LogP contribution in [0.1, 0.15) is 16.7 Å². The average molecular weight is 340 g/mol. The van der Waals surface area contributed by atoms with Crippen LogP contribution >= 0.6 is 39.1 Å². The molecule has 0 radical (unpaired) electrons. The molecule has 0 saturated carbocycles. The van der Waals surface area contributed by atoms with Crippen molar-refractivity contribution in [2.75, 3.05) is 0 Å². The van der Waals surface area contributed by atoms with Gasteiger partial charge >= 0.3 is 0 Å². The van der Waals surface area contributed by atoms with Crippen molar-refractivity contribution >= 4 is 39.1 Å². The van der Waals surface area contributed by atoms with Crippen LogP contribution in [-0.4, -0.2) is 0 Å². The minimum Gasteiger partial charge on any atom is -0.0843 e. The standard InChI is InChI=1S/C15H9BrCl2/c1-10-8-13(17)5-4-11(10)2-3-12-9-14(18)6-7-15(12)16/h4-9H,1H3. The van der Waals surface area contributed by atoms with Gasteiger partial charge in [-0.15, -0.1) is 0 Å². The first-order valence-electron chi connectivity index (χ1n) is 5.29. The fourth-order valence-electron chi connectivity index (χ4n) is 1.50. The third-order valence-corrected chi connectivity index (χ3v) is 3.61. The molecule has 90 valence electrons. The molecule has 0 heterocycles. The Balaban J connectivity index is 2.40. The summed E-state index contributed by atoms with van der Waals surface area (Å²) in [6.45, 7) is 1.99. The van der Waals surface area contributed by atoms with E-state index < -0.39 is 0 Å². The van der Waals surface area contributed by atoms with Crippen LogP contribution in [0.3, 0.4) is 0 Å². The van der Waals surface area contributed by atoms with Crippen LogP contribution in [0.2, 0.25) is 10.0 Å². The Bertz CT molecular complexity index is 651. The first kappa shape index (κ1) is 13.5. The highest BCUT2D eigenvalue weighted by molar-refractivity contribution is 9.10. The van der Waals surface area contributed by atoms with Gasteiger partial charge in [-0.1, -0.05) is 35.0 Å². The van der Waals surface area contributed by atoms with E-state index in [0.717, 1.165) is 26.2 Å². The zero-order valence-corrected chi connectivity index (χ0v) is 12.7. The molecule has 0 aromatic heterocycles. The highest BCUT2D eigenvalue weighted by atomic mass is 79.9. The molecule has 0 saturated heterocycles. The first-order chi connectivity index (χ1) is 8.56. The van der Waals surface area contributed by atoms with Crippen molar-refractivity contribution in [1.82, 2.24) is 0 Å². The molecule has 0 aliphatic rings. The summed E-state index contributed by atoms with van der Waals surface area (Å²) in [5, 5.41) is 1.40. The number of halogens is 3. The fourth-order valence-corrected chi connectivity index (χ4v) is 2.24. The minimum absolute atomic E-state index is 0.676. The summed E-state index contributed by atoms with van der Waals surface area (Å²) in [5.41, 5.74) is 2.90. The lowest BCUT2D eigenvalue weighted by molar-refractivity contribution is 1.43. The Hall–Kier alpha value is -0.940. The van der Waals surface area contributed by atoms with Gasteiger partial charge < -0.3 is 0 Å². The lowest BCUT2D eigenvalue weighted by Gasteiger charge is -1.99. The molecule has 0 nitrogen and oxygen atoms in total. The van der Waals surface area contributed by atoms with Crippen LogP contribution in [0.15, 0.2) is 40.9 Å². The van der Waals surface area contributed by atoms with E-state index in [4.69, 9.17) is 23.2 Å². The van der Waals surface area contributed by atoms with Crippen LogP contribution in [-0.2, 0) is 0 Å². The van der Waals surface area contributed by atoms with Gasteiger partial charge in [0.25, 0.3) is 0 Å². The molecule has 0 aliphatic carbocycles. The van der Waals surface area contributed by atoms with Crippen molar-refractivity contribution in [3.05, 3.63) is 67.6 Å². The Morgan fingerprint density at radius 1 is 0.889 bits per heavy atom. The zero-order chi connectivity index (χ0) is 13.1. The monoisotopic (exact) mass is 338 g/mol. The van der Waals surface area contributed by atoms with Gasteiger partial charge in [-0.05, 0) is 64.8 Å². The Labute approximate surface area is 125 Å². The molecule has 18 heavy (non-hydrogen) atoms. The van der Waals surface area contributed by atoms with E-state index in [1.54, 1.807) is 0 Å². The zero-order valence-electron chi connectivity index (χ0n) is 9.60. The highest BCUT2D eigenvalue weighted by Gasteiger charge is 1.98. The normalized spacial score (nSPS) is 9.78. The van der Waals surface area contributed by atoms with E-state index in [2.05, 4.69) is 27.8 Å². The molecule has 2 rings (SSSR count). The molecule has 0 spiro atoms. The second-order valence-electron chi connectivity index (χ2n) is 3.83. The molecule has 0 unspecified atom stereocenters. The van der Waals surface area contributed by atoms with Crippen molar-refractivity contribution in [1.29, 1.82) is 0 Å². The Morgan fingerprint density at radius 2 is 1.50 bits per heavy atom. The van der Waals surface area contributed by atoms with Crippen LogP contribution < -0.4 is 0 Å². The molecule has 3 heteroatoms. The van der Waals surface area contributed by atoms with Crippen LogP contribution in [0.4, 0.5) is 0 Å². The van der Waals surface area contributed by atoms with Crippen molar-refractivity contribution in [2.24, 2.45) is 0 Å². The molecule has 0 aliphatic heterocycles. The third-order valence-electron chi connectivity index (χ3n) is 2.45. The topological polar surface area (TPSA) is 0 Å². The van der Waals surface area contributed by atoms with Crippen molar-refractivity contribution in [3.8, 4) is 11.8 Å². The van der Waals surface area contributed by atoms with Gasteiger partial charge in [0.1, 0.15) is 0 Å². The summed E-state index contributed by atoms with van der Waals surface area (Å²) < 4.78 is 0.936. The predicted molar refractivity (Wildman–Crippen MR) is 81.3 cm³/mol. The van der Waals surface area contributed by atoms with Gasteiger partial charge in [0.2, 0.25) is 0 Å². The molecule has 2 aromatic rings. The number of hydrogen-bond donors (Lipinski definition) is 0. The van der Waals surface area contributed by atoms with E-state index in [0.29, 0.717) is 5.02 Å². The largest absolute Gasteiger partial charge is 0.0843 e. The fraction of sp³-hybridized carbons (Fsp3) is 0.0667. The lowest BCUT2D eigenvalue weighted by atomic mass is 10.1. The molecule has 2 aromatic carbocycles. The summed E-state index contributed by atoms with van der Waals surface area (Å²) in [5.74, 6) is 6.23. The first-order valence-corrected chi connectivity index (χ1v) is 6.84. The highest BCUT2D eigenvalue weighted by Crippen LogP contribution is 2.20. The quantitative estimate of drug-likeness (QED) is 0.559. The molecule has 0 N–H and O–H groups in total. The maximum absolute atomic E-state index is 5.94. The molecule has 0 amide bonds. The molecular weight excluding hydrogens is 331 g/mol. The van der Waals surface area contributed by atoms with E-state index in [-0.39, 0.29) is 0 Å². The van der Waals surface area contributed by atoms with E-state index in [1.165, 1.54) is 0 Å². The summed E-state index contributed by atoms with van der Waals surface area (Å²) in [6, 6.07) is 11.2. The smallest absolute Gasteiger partial charge is 0.0419 e. The van der Waals surface area contributed by atoms with E-state index >= 15 is 0 Å². The van der Waals surface area contributed by atoms with Gasteiger partial charge in [0.05, 0.1) is 0 Å². The van der Waals surface area contributed by atoms with Gasteiger partial charge in [-0.3, -0.25) is 0 Å². The van der Waals surface area contributed by atoms with Gasteiger partial charge in [0.15, 0.2) is 0 Å². The third kappa shape index (κ3) is 3.29. The second-order valence-corrected chi connectivity index (χ2v) is 5.56. The molecule has 0 bridgehead atoms. The number of rotatable bonds is 0. The summed E-state index contributed by atoms with van der Waals surface area (Å²) in [4.78, 5) is 0. The van der Waals surface area contributed by atoms with Gasteiger partial charge in [-0.2, -0.15) is 0 Å². The molecular formula is C15H9BrCl2. The average Bonchev–Trinajstić information content (AvgIpc) is 2.32. The van der Waals surface area contributed by atoms with Crippen LogP contribution in [0, 0.1) is 18.8 Å². The second kappa shape index (κ2) is 5.80. The predicted octanol–water partition coefficient (Wildman–Crippen LogP) is 5.46. The Morgan fingerprint density at radius 3 is 2.22 bits per heavy atom. The molecule has 0 atom stereocenters. The minimum atomic E-state index is 0.676. The van der Waals surface area contributed by atoms with Gasteiger partial charge in [-0.25, -0.2) is 0 Å². The maximum atomic E-state index is 5.94. The van der Waals surface area contributed by atoms with Gasteiger partial charge in [0, 0.05) is 25.6 Å². The van der Waals surface area contributed by atoms with E-state index in [9.17, 15) is 0 Å². The van der Waals surface area contributed by atoms with Crippen molar-refractivity contribution in [2.45, 2.75) is 6.92 Å². The van der Waals surface area contributed by atoms with E-state index in [1.807, 2.05) is 43.3 Å². The molecule has 0 fully saturated rings. The summed E-state index contributed by atoms with van der Waals surface area (Å²) >= 11 is 15.3. The SMILES string of the molecule is Cc1cc(Cl)ccc1C#Cc1cc(Cl)ccc1Br. The Kier molecular flexibility index (Phi) is 4.35. The van der Waals surface area contributed by atoms with Crippen LogP contribution in [0.25, 0.3) is 0 Å².